The number of methoxy groups -OCH3 is 1. The topological polar surface area (TPSA) is 58.2 Å². The summed E-state index contributed by atoms with van der Waals surface area (Å²) in [6, 6.07) is 16.0. The van der Waals surface area contributed by atoms with Crippen LogP contribution in [0.1, 0.15) is 28.3 Å². The lowest BCUT2D eigenvalue weighted by molar-refractivity contribution is 0.0790. The van der Waals surface area contributed by atoms with E-state index in [-0.39, 0.29) is 5.91 Å². The predicted octanol–water partition coefficient (Wildman–Crippen LogP) is 3.72. The molecule has 0 radical (unpaired) electrons. The number of benzene rings is 2. The van der Waals surface area contributed by atoms with E-state index in [2.05, 4.69) is 34.5 Å². The van der Waals surface area contributed by atoms with Gasteiger partial charge in [-0.15, -0.1) is 0 Å². The predicted molar refractivity (Wildman–Crippen MR) is 100 cm³/mol. The summed E-state index contributed by atoms with van der Waals surface area (Å²) in [5.74, 6) is 1.14. The molecule has 132 valence electrons. The number of ether oxygens (including phenoxy) is 1. The molecule has 2 heterocycles. The highest BCUT2D eigenvalue weighted by atomic mass is 16.5. The van der Waals surface area contributed by atoms with Crippen LogP contribution >= 0.6 is 0 Å². The molecule has 0 saturated carbocycles. The smallest absolute Gasteiger partial charge is 0.254 e. The molecule has 1 atom stereocenters. The number of aromatic nitrogens is 2. The Morgan fingerprint density at radius 3 is 2.81 bits per heavy atom. The van der Waals surface area contributed by atoms with E-state index in [1.54, 1.807) is 13.3 Å². The molecule has 1 aliphatic rings. The highest BCUT2D eigenvalue weighted by Gasteiger charge is 2.28. The van der Waals surface area contributed by atoms with Crippen LogP contribution < -0.4 is 4.74 Å². The molecule has 1 aliphatic heterocycles. The number of hydrogen-bond acceptors (Lipinski definition) is 3. The zero-order valence-corrected chi connectivity index (χ0v) is 14.7. The Kier molecular flexibility index (Phi) is 4.44. The average Bonchev–Trinajstić information content (AvgIpc) is 3.40. The molecule has 26 heavy (non-hydrogen) atoms. The Bertz CT molecular complexity index is 891. The summed E-state index contributed by atoms with van der Waals surface area (Å²) >= 11 is 0. The van der Waals surface area contributed by atoms with Gasteiger partial charge >= 0.3 is 0 Å². The van der Waals surface area contributed by atoms with E-state index in [0.29, 0.717) is 17.2 Å². The van der Waals surface area contributed by atoms with Crippen LogP contribution in [0, 0.1) is 0 Å². The monoisotopic (exact) mass is 347 g/mol. The Hall–Kier alpha value is -3.08. The Morgan fingerprint density at radius 2 is 2.08 bits per heavy atom. The fourth-order valence-corrected chi connectivity index (χ4v) is 3.59. The molecule has 3 aromatic rings. The van der Waals surface area contributed by atoms with Gasteiger partial charge in [-0.3, -0.25) is 9.89 Å². The molecule has 2 aromatic carbocycles. The summed E-state index contributed by atoms with van der Waals surface area (Å²) in [7, 11) is 1.62. The van der Waals surface area contributed by atoms with Crippen molar-refractivity contribution in [3.05, 3.63) is 72.1 Å². The van der Waals surface area contributed by atoms with E-state index >= 15 is 0 Å². The van der Waals surface area contributed by atoms with Gasteiger partial charge in [-0.05, 0) is 30.2 Å². The second kappa shape index (κ2) is 7.04. The van der Waals surface area contributed by atoms with Crippen LogP contribution in [0.2, 0.25) is 0 Å². The number of aromatic amines is 1. The van der Waals surface area contributed by atoms with Crippen molar-refractivity contribution in [1.82, 2.24) is 15.1 Å². The number of nitrogens with one attached hydrogen (secondary N) is 1. The molecule has 0 aliphatic carbocycles. The third-order valence-electron chi connectivity index (χ3n) is 5.00. The van der Waals surface area contributed by atoms with E-state index in [1.807, 2.05) is 35.4 Å². The molecule has 0 bridgehead atoms. The van der Waals surface area contributed by atoms with Gasteiger partial charge in [-0.1, -0.05) is 30.3 Å². The van der Waals surface area contributed by atoms with Crippen molar-refractivity contribution < 1.29 is 9.53 Å². The lowest BCUT2D eigenvalue weighted by atomic mass is 9.99. The van der Waals surface area contributed by atoms with Crippen molar-refractivity contribution in [3.8, 4) is 16.9 Å². The molecule has 1 saturated heterocycles. The third kappa shape index (κ3) is 3.08. The van der Waals surface area contributed by atoms with Gasteiger partial charge in [0.1, 0.15) is 5.75 Å². The summed E-state index contributed by atoms with van der Waals surface area (Å²) in [6.07, 6.45) is 4.55. The zero-order chi connectivity index (χ0) is 17.9. The lowest BCUT2D eigenvalue weighted by Crippen LogP contribution is -2.28. The maximum absolute atomic E-state index is 12.9. The number of H-pyrrole nitrogens is 1. The Balaban J connectivity index is 1.53. The average molecular weight is 347 g/mol. The highest BCUT2D eigenvalue weighted by Crippen LogP contribution is 2.32. The van der Waals surface area contributed by atoms with Crippen molar-refractivity contribution in [2.45, 2.75) is 12.3 Å². The van der Waals surface area contributed by atoms with Crippen LogP contribution in [0.4, 0.5) is 0 Å². The van der Waals surface area contributed by atoms with E-state index in [1.165, 1.54) is 5.56 Å². The summed E-state index contributed by atoms with van der Waals surface area (Å²) in [6.45, 7) is 1.54. The molecular formula is C21H21N3O2. The summed E-state index contributed by atoms with van der Waals surface area (Å²) < 4.78 is 5.50. The van der Waals surface area contributed by atoms with Crippen LogP contribution in [0.15, 0.2) is 60.9 Å². The largest absolute Gasteiger partial charge is 0.496 e. The fraction of sp³-hybridized carbons (Fsp3) is 0.238. The first-order valence-corrected chi connectivity index (χ1v) is 8.77. The van der Waals surface area contributed by atoms with E-state index in [4.69, 9.17) is 4.74 Å². The second-order valence-electron chi connectivity index (χ2n) is 6.55. The van der Waals surface area contributed by atoms with Crippen molar-refractivity contribution >= 4 is 5.91 Å². The molecule has 1 aromatic heterocycles. The van der Waals surface area contributed by atoms with Crippen LogP contribution in [-0.2, 0) is 0 Å². The fourth-order valence-electron chi connectivity index (χ4n) is 3.59. The first-order valence-electron chi connectivity index (χ1n) is 8.77. The van der Waals surface area contributed by atoms with E-state index < -0.39 is 0 Å². The molecule has 4 rings (SSSR count). The van der Waals surface area contributed by atoms with Gasteiger partial charge in [0.25, 0.3) is 5.91 Å². The first-order chi connectivity index (χ1) is 12.8. The number of likely N-dealkylation sites (tertiary alicyclic amines) is 1. The van der Waals surface area contributed by atoms with Gasteiger partial charge in [0.05, 0.1) is 13.3 Å². The van der Waals surface area contributed by atoms with Gasteiger partial charge in [0, 0.05) is 41.9 Å². The molecule has 1 fully saturated rings. The zero-order valence-electron chi connectivity index (χ0n) is 14.7. The van der Waals surface area contributed by atoms with Crippen molar-refractivity contribution in [3.63, 3.8) is 0 Å². The summed E-state index contributed by atoms with van der Waals surface area (Å²) in [4.78, 5) is 14.9. The van der Waals surface area contributed by atoms with Gasteiger partial charge in [-0.25, -0.2) is 0 Å². The summed E-state index contributed by atoms with van der Waals surface area (Å²) in [5.41, 5.74) is 3.81. The minimum Gasteiger partial charge on any atom is -0.496 e. The maximum Gasteiger partial charge on any atom is 0.254 e. The molecular weight excluding hydrogens is 326 g/mol. The number of hydrogen-bond donors (Lipinski definition) is 1. The Labute approximate surface area is 152 Å². The van der Waals surface area contributed by atoms with E-state index in [0.717, 1.165) is 30.6 Å². The van der Waals surface area contributed by atoms with Crippen LogP contribution in [-0.4, -0.2) is 41.2 Å². The normalized spacial score (nSPS) is 16.7. The SMILES string of the molecule is COc1cc(C(=O)N2CCC(c3ccccc3)C2)ccc1-c1cn[nH]c1. The van der Waals surface area contributed by atoms with Crippen molar-refractivity contribution in [2.24, 2.45) is 0 Å². The number of nitrogens with zero attached hydrogens (tertiary/aromatic N) is 2. The van der Waals surface area contributed by atoms with Crippen molar-refractivity contribution in [1.29, 1.82) is 0 Å². The maximum atomic E-state index is 12.9. The third-order valence-corrected chi connectivity index (χ3v) is 5.00. The van der Waals surface area contributed by atoms with Crippen LogP contribution in [0.3, 0.4) is 0 Å². The molecule has 1 amide bonds. The highest BCUT2D eigenvalue weighted by molar-refractivity contribution is 5.95. The molecule has 1 unspecified atom stereocenters. The Morgan fingerprint density at radius 1 is 1.23 bits per heavy atom. The van der Waals surface area contributed by atoms with Crippen molar-refractivity contribution in [2.75, 3.05) is 20.2 Å². The second-order valence-corrected chi connectivity index (χ2v) is 6.55. The van der Waals surface area contributed by atoms with Crippen LogP contribution in [0.5, 0.6) is 5.75 Å². The van der Waals surface area contributed by atoms with Gasteiger partial charge in [0.2, 0.25) is 0 Å². The standard InChI is InChI=1S/C21H21N3O2/c1-26-20-11-16(7-8-19(20)18-12-22-23-13-18)21(25)24-10-9-17(14-24)15-5-3-2-4-6-15/h2-8,11-13,17H,9-10,14H2,1H3,(H,22,23). The number of amides is 1. The number of rotatable bonds is 4. The molecule has 0 spiro atoms. The quantitative estimate of drug-likeness (QED) is 0.783. The molecule has 5 heteroatoms. The molecule has 5 nitrogen and oxygen atoms in total. The number of carbonyl (C=O) groups excluding carboxylic acids is 1. The van der Waals surface area contributed by atoms with Gasteiger partial charge in [-0.2, -0.15) is 5.10 Å². The summed E-state index contributed by atoms with van der Waals surface area (Å²) in [5, 5.41) is 6.78. The first kappa shape index (κ1) is 16.4. The molecule has 1 N–H and O–H groups in total. The van der Waals surface area contributed by atoms with Gasteiger partial charge < -0.3 is 9.64 Å². The minimum absolute atomic E-state index is 0.0560. The van der Waals surface area contributed by atoms with Crippen LogP contribution in [0.25, 0.3) is 11.1 Å². The minimum atomic E-state index is 0.0560. The van der Waals surface area contributed by atoms with Gasteiger partial charge in [0.15, 0.2) is 0 Å². The lowest BCUT2D eigenvalue weighted by Gasteiger charge is -2.18. The number of carbonyl (C=O) groups is 1. The van der Waals surface area contributed by atoms with E-state index in [9.17, 15) is 4.79 Å².